The van der Waals surface area contributed by atoms with Crippen molar-refractivity contribution >= 4 is 10.9 Å². The second-order valence-electron chi connectivity index (χ2n) is 16.0. The van der Waals surface area contributed by atoms with Crippen molar-refractivity contribution < 1.29 is 0 Å². The molecule has 0 saturated heterocycles. The Morgan fingerprint density at radius 3 is 1.58 bits per heavy atom. The van der Waals surface area contributed by atoms with Gasteiger partial charge in [-0.1, -0.05) is 224 Å². The van der Waals surface area contributed by atoms with Gasteiger partial charge < -0.3 is 4.57 Å². The number of fused-ring (bicyclic) bond motifs is 5. The molecule has 0 saturated carbocycles. The van der Waals surface area contributed by atoms with E-state index in [-0.39, 0.29) is 5.92 Å². The number of nitrogens with zero attached hydrogens (tertiary/aromatic N) is 1. The summed E-state index contributed by atoms with van der Waals surface area (Å²) >= 11 is 0. The third kappa shape index (κ3) is 5.93. The first kappa shape index (κ1) is 35.7. The van der Waals surface area contributed by atoms with Crippen LogP contribution in [0.15, 0.2) is 243 Å². The van der Waals surface area contributed by atoms with Gasteiger partial charge in [-0.05, 0) is 85.8 Å². The van der Waals surface area contributed by atoms with Crippen LogP contribution in [-0.2, 0) is 11.8 Å². The maximum atomic E-state index is 2.54. The second-order valence-corrected chi connectivity index (χ2v) is 16.0. The van der Waals surface area contributed by atoms with Gasteiger partial charge in [0, 0.05) is 22.6 Å². The number of para-hydroxylation sites is 2. The minimum Gasteiger partial charge on any atom is -0.311 e. The molecule has 0 N–H and O–H groups in total. The molecule has 60 heavy (non-hydrogen) atoms. The normalized spacial score (nSPS) is 13.1. The second kappa shape index (κ2) is 15.0. The van der Waals surface area contributed by atoms with Crippen molar-refractivity contribution in [2.45, 2.75) is 17.8 Å². The molecule has 0 aliphatic heterocycles. The number of hydrogen-bond donors (Lipinski definition) is 0. The number of rotatable bonds is 9. The highest BCUT2D eigenvalue weighted by atomic mass is 15.0. The summed E-state index contributed by atoms with van der Waals surface area (Å²) in [5.41, 5.74) is 18.4. The molecule has 1 unspecified atom stereocenters. The summed E-state index contributed by atoms with van der Waals surface area (Å²) in [6, 6.07) is 89.5. The maximum Gasteiger partial charge on any atom is 0.0870 e. The van der Waals surface area contributed by atoms with Gasteiger partial charge in [0.25, 0.3) is 0 Å². The highest BCUT2D eigenvalue weighted by Gasteiger charge is 2.50. The molecule has 1 nitrogen and oxygen atoms in total. The number of benzene rings is 9. The van der Waals surface area contributed by atoms with E-state index in [1.165, 1.54) is 83.4 Å². The summed E-state index contributed by atoms with van der Waals surface area (Å²) in [6.45, 7) is 0. The molecule has 0 amide bonds. The summed E-state index contributed by atoms with van der Waals surface area (Å²) in [5.74, 6) is 0.135. The maximum absolute atomic E-state index is 2.54. The van der Waals surface area contributed by atoms with E-state index in [4.69, 9.17) is 0 Å². The third-order valence-corrected chi connectivity index (χ3v) is 12.7. The van der Waals surface area contributed by atoms with Crippen molar-refractivity contribution in [2.75, 3.05) is 0 Å². The molecule has 0 spiro atoms. The zero-order valence-electron chi connectivity index (χ0n) is 33.3. The largest absolute Gasteiger partial charge is 0.311 e. The zero-order valence-corrected chi connectivity index (χ0v) is 33.3. The topological polar surface area (TPSA) is 4.93 Å². The Morgan fingerprint density at radius 2 is 0.933 bits per heavy atom. The average molecular weight is 766 g/mol. The highest BCUT2D eigenvalue weighted by molar-refractivity contribution is 6.05. The highest BCUT2D eigenvalue weighted by Crippen LogP contribution is 2.59. The number of aromatic nitrogens is 1. The Bertz CT molecular complexity index is 3030. The Kier molecular flexibility index (Phi) is 8.94. The molecule has 1 aromatic heterocycles. The number of hydrogen-bond acceptors (Lipinski definition) is 0. The lowest BCUT2D eigenvalue weighted by molar-refractivity contribution is 0.718. The van der Waals surface area contributed by atoms with Crippen molar-refractivity contribution in [3.63, 3.8) is 0 Å². The Labute approximate surface area is 352 Å². The molecule has 1 aliphatic rings. The van der Waals surface area contributed by atoms with E-state index in [2.05, 4.69) is 247 Å². The molecule has 11 rings (SSSR count). The Hall–Kier alpha value is -7.48. The molecule has 1 atom stereocenters. The first-order chi connectivity index (χ1) is 29.8. The van der Waals surface area contributed by atoms with Gasteiger partial charge in [-0.25, -0.2) is 0 Å². The van der Waals surface area contributed by atoms with Gasteiger partial charge >= 0.3 is 0 Å². The van der Waals surface area contributed by atoms with E-state index in [9.17, 15) is 0 Å². The van der Waals surface area contributed by atoms with Gasteiger partial charge in [-0.15, -0.1) is 0 Å². The first-order valence-corrected chi connectivity index (χ1v) is 21.0. The SMILES string of the molecule is c1ccc(-c2ccc(C(Cc3ccc4c(c3)-c3c(n(-c5ccccc5)c5ccccc35)C4(c3ccccc3)c3ccccc3)c3cccc(-c4ccccc4)c3)cc2)cc1. The third-order valence-electron chi connectivity index (χ3n) is 12.7. The van der Waals surface area contributed by atoms with Crippen LogP contribution in [0, 0.1) is 0 Å². The van der Waals surface area contributed by atoms with Crippen LogP contribution in [0.2, 0.25) is 0 Å². The molecule has 0 radical (unpaired) electrons. The van der Waals surface area contributed by atoms with Crippen molar-refractivity contribution in [3.8, 4) is 39.1 Å². The molecule has 1 aliphatic carbocycles. The standard InChI is InChI=1S/C59H43N/c1-6-19-43(20-7-1)45-34-36-46(37-35-45)53(48-24-18-23-47(41-48)44-21-8-2-9-22-44)39-42-33-38-55-54(40-42)57-52-31-16-17-32-56(52)60(51-29-14-5-15-30-51)58(57)59(55,49-25-10-3-11-26-49)50-27-12-4-13-28-50/h1-38,40-41,53H,39H2. The van der Waals surface area contributed by atoms with Crippen LogP contribution < -0.4 is 0 Å². The zero-order chi connectivity index (χ0) is 39.9. The minimum absolute atomic E-state index is 0.135. The fraction of sp³-hybridized carbons (Fsp3) is 0.0508. The Balaban J connectivity index is 1.13. The predicted octanol–water partition coefficient (Wildman–Crippen LogP) is 14.7. The van der Waals surface area contributed by atoms with Crippen LogP contribution in [-0.4, -0.2) is 4.57 Å². The summed E-state index contributed by atoms with van der Waals surface area (Å²) in [4.78, 5) is 0. The average Bonchev–Trinajstić information content (AvgIpc) is 3.83. The fourth-order valence-electron chi connectivity index (χ4n) is 9.99. The molecule has 0 bridgehead atoms. The summed E-state index contributed by atoms with van der Waals surface area (Å²) < 4.78 is 2.54. The van der Waals surface area contributed by atoms with E-state index in [1.54, 1.807) is 0 Å². The molecular weight excluding hydrogens is 723 g/mol. The molecule has 284 valence electrons. The quantitative estimate of drug-likeness (QED) is 0.138. The van der Waals surface area contributed by atoms with E-state index in [0.717, 1.165) is 12.1 Å². The van der Waals surface area contributed by atoms with Crippen molar-refractivity contribution in [1.82, 2.24) is 4.57 Å². The van der Waals surface area contributed by atoms with Crippen molar-refractivity contribution in [2.24, 2.45) is 0 Å². The van der Waals surface area contributed by atoms with Crippen LogP contribution in [0.4, 0.5) is 0 Å². The monoisotopic (exact) mass is 765 g/mol. The summed E-state index contributed by atoms with van der Waals surface area (Å²) in [6.07, 6.45) is 0.854. The van der Waals surface area contributed by atoms with E-state index in [1.807, 2.05) is 0 Å². The molecule has 1 heterocycles. The summed E-state index contributed by atoms with van der Waals surface area (Å²) in [5, 5.41) is 1.27. The lowest BCUT2D eigenvalue weighted by atomic mass is 9.69. The van der Waals surface area contributed by atoms with Gasteiger partial charge in [0.05, 0.1) is 16.6 Å². The molecular formula is C59H43N. The summed E-state index contributed by atoms with van der Waals surface area (Å²) in [7, 11) is 0. The van der Waals surface area contributed by atoms with Crippen molar-refractivity contribution in [3.05, 3.63) is 282 Å². The minimum atomic E-state index is -0.558. The van der Waals surface area contributed by atoms with Crippen LogP contribution in [0.3, 0.4) is 0 Å². The molecule has 10 aromatic rings. The first-order valence-electron chi connectivity index (χ1n) is 21.0. The predicted molar refractivity (Wildman–Crippen MR) is 250 cm³/mol. The van der Waals surface area contributed by atoms with Gasteiger partial charge in [0.2, 0.25) is 0 Å². The molecule has 0 fully saturated rings. The lowest BCUT2D eigenvalue weighted by Crippen LogP contribution is -2.31. The van der Waals surface area contributed by atoms with Crippen LogP contribution >= 0.6 is 0 Å². The molecule has 9 aromatic carbocycles. The van der Waals surface area contributed by atoms with Gasteiger partial charge in [0.1, 0.15) is 0 Å². The fourth-order valence-corrected chi connectivity index (χ4v) is 9.99. The van der Waals surface area contributed by atoms with Crippen molar-refractivity contribution in [1.29, 1.82) is 0 Å². The van der Waals surface area contributed by atoms with Crippen LogP contribution in [0.5, 0.6) is 0 Å². The van der Waals surface area contributed by atoms with Gasteiger partial charge in [-0.2, -0.15) is 0 Å². The Morgan fingerprint density at radius 1 is 0.400 bits per heavy atom. The van der Waals surface area contributed by atoms with E-state index in [0.29, 0.717) is 0 Å². The lowest BCUT2D eigenvalue weighted by Gasteiger charge is -2.35. The molecule has 1 heteroatoms. The van der Waals surface area contributed by atoms with Crippen LogP contribution in [0.25, 0.3) is 50.0 Å². The van der Waals surface area contributed by atoms with E-state index >= 15 is 0 Å². The van der Waals surface area contributed by atoms with Gasteiger partial charge in [0.15, 0.2) is 0 Å². The smallest absolute Gasteiger partial charge is 0.0870 e. The van der Waals surface area contributed by atoms with E-state index < -0.39 is 5.41 Å². The van der Waals surface area contributed by atoms with Gasteiger partial charge in [-0.3, -0.25) is 0 Å². The van der Waals surface area contributed by atoms with Crippen LogP contribution in [0.1, 0.15) is 45.0 Å².